The number of nitrogens with one attached hydrogen (secondary N) is 2. The lowest BCUT2D eigenvalue weighted by Gasteiger charge is -2.42. The maximum absolute atomic E-state index is 14.7. The number of hydrogen-bond donors (Lipinski definition) is 2. The summed E-state index contributed by atoms with van der Waals surface area (Å²) in [6, 6.07) is 2.22. The summed E-state index contributed by atoms with van der Waals surface area (Å²) in [6.45, 7) is 25.2. The number of amides is 4. The molecule has 0 aliphatic rings. The minimum Gasteiger partial charge on any atom is -0.495 e. The van der Waals surface area contributed by atoms with E-state index in [0.29, 0.717) is 16.9 Å². The average molecular weight is 731 g/mol. The number of methoxy groups -OCH3 is 1. The Morgan fingerprint density at radius 2 is 1.54 bits per heavy atom. The molecule has 1 rings (SSSR count). The lowest BCUT2D eigenvalue weighted by Crippen LogP contribution is -2.63. The van der Waals surface area contributed by atoms with E-state index >= 15 is 0 Å². The molecule has 1 aromatic rings. The van der Waals surface area contributed by atoms with Gasteiger partial charge in [-0.25, -0.2) is 14.4 Å². The molecule has 0 radical (unpaired) electrons. The topological polar surface area (TPSA) is 153 Å². The van der Waals surface area contributed by atoms with Crippen molar-refractivity contribution in [3.05, 3.63) is 48.1 Å². The summed E-state index contributed by atoms with van der Waals surface area (Å²) >= 11 is 0. The van der Waals surface area contributed by atoms with Crippen LogP contribution in [0.5, 0.6) is 5.75 Å². The zero-order valence-electron chi connectivity index (χ0n) is 33.9. The number of rotatable bonds is 15. The standard InChI is InChI=1S/C39H62N4O9/c1-17-21-51-35(47)40-27-23-26(19-20-29(27)49-16)39(12,13)31(43(15)36(48)52-38(9,10)11)32(44)41-30(37(6,7)8)33(45)42(14)28(24(3)4)22-25(5)34(46)50-18-2/h17,19-20,22-24,28,30-31H,1,18,21H2,2-16H3,(H,40,47)(H,41,44)/b25-22+/t28-,30-,31?/m1/s1. The molecule has 0 bridgehead atoms. The molecule has 52 heavy (non-hydrogen) atoms. The number of ether oxygens (including phenoxy) is 4. The van der Waals surface area contributed by atoms with E-state index in [1.807, 2.05) is 34.6 Å². The molecule has 4 amide bonds. The van der Waals surface area contributed by atoms with Gasteiger partial charge in [-0.3, -0.25) is 19.8 Å². The number of carbonyl (C=O) groups excluding carboxylic acids is 5. The molecular formula is C39H62N4O9. The van der Waals surface area contributed by atoms with Crippen LogP contribution in [0, 0.1) is 11.3 Å². The molecule has 1 aromatic carbocycles. The minimum atomic E-state index is -1.23. The third-order valence-electron chi connectivity index (χ3n) is 8.41. The molecule has 2 N–H and O–H groups in total. The number of anilines is 1. The van der Waals surface area contributed by atoms with Gasteiger partial charge in [0.1, 0.15) is 30.0 Å². The number of nitrogens with zero attached hydrogens (tertiary/aromatic N) is 2. The second-order valence-electron chi connectivity index (χ2n) is 15.7. The molecule has 0 aliphatic carbocycles. The highest BCUT2D eigenvalue weighted by molar-refractivity contribution is 5.93. The largest absolute Gasteiger partial charge is 0.495 e. The number of likely N-dealkylation sites (N-methyl/N-ethyl adjacent to an activating group) is 2. The Labute approximate surface area is 310 Å². The van der Waals surface area contributed by atoms with Crippen molar-refractivity contribution >= 4 is 35.7 Å². The summed E-state index contributed by atoms with van der Waals surface area (Å²) in [7, 11) is 4.55. The molecule has 0 spiro atoms. The summed E-state index contributed by atoms with van der Waals surface area (Å²) in [5, 5.41) is 5.64. The van der Waals surface area contributed by atoms with Crippen molar-refractivity contribution in [2.75, 3.05) is 39.7 Å². The van der Waals surface area contributed by atoms with Crippen molar-refractivity contribution in [2.24, 2.45) is 11.3 Å². The van der Waals surface area contributed by atoms with E-state index in [-0.39, 0.29) is 24.8 Å². The van der Waals surface area contributed by atoms with Gasteiger partial charge in [0.05, 0.1) is 25.4 Å². The maximum Gasteiger partial charge on any atom is 0.412 e. The summed E-state index contributed by atoms with van der Waals surface area (Å²) in [5.74, 6) is -1.24. The normalized spacial score (nSPS) is 14.0. The van der Waals surface area contributed by atoms with Gasteiger partial charge in [-0.2, -0.15) is 0 Å². The van der Waals surface area contributed by atoms with Crippen LogP contribution in [0.25, 0.3) is 0 Å². The van der Waals surface area contributed by atoms with Gasteiger partial charge < -0.3 is 29.2 Å². The van der Waals surface area contributed by atoms with Crippen molar-refractivity contribution in [2.45, 2.75) is 112 Å². The van der Waals surface area contributed by atoms with Gasteiger partial charge in [0.15, 0.2) is 0 Å². The van der Waals surface area contributed by atoms with Crippen LogP contribution >= 0.6 is 0 Å². The van der Waals surface area contributed by atoms with E-state index in [1.165, 1.54) is 30.0 Å². The maximum atomic E-state index is 14.7. The number of benzene rings is 1. The molecule has 0 saturated carbocycles. The Hall–Kier alpha value is -4.55. The fraction of sp³-hybridized carbons (Fsp3) is 0.615. The summed E-state index contributed by atoms with van der Waals surface area (Å²) in [6.07, 6.45) is 1.64. The van der Waals surface area contributed by atoms with Crippen LogP contribution in [0.1, 0.15) is 88.6 Å². The van der Waals surface area contributed by atoms with E-state index in [0.717, 1.165) is 0 Å². The van der Waals surface area contributed by atoms with E-state index in [4.69, 9.17) is 18.9 Å². The molecule has 0 heterocycles. The van der Waals surface area contributed by atoms with Gasteiger partial charge >= 0.3 is 18.2 Å². The van der Waals surface area contributed by atoms with E-state index in [1.54, 1.807) is 79.8 Å². The molecule has 0 saturated heterocycles. The molecule has 292 valence electrons. The van der Waals surface area contributed by atoms with Crippen molar-refractivity contribution in [3.8, 4) is 5.75 Å². The fourth-order valence-corrected chi connectivity index (χ4v) is 5.61. The number of hydrogen-bond acceptors (Lipinski definition) is 9. The third kappa shape index (κ3) is 12.6. The molecule has 3 atom stereocenters. The monoisotopic (exact) mass is 730 g/mol. The molecule has 0 fully saturated rings. The van der Waals surface area contributed by atoms with Gasteiger partial charge in [0, 0.05) is 25.1 Å². The van der Waals surface area contributed by atoms with E-state index in [9.17, 15) is 24.0 Å². The Kier molecular flexibility index (Phi) is 16.4. The molecule has 13 nitrogen and oxygen atoms in total. The van der Waals surface area contributed by atoms with Crippen LogP contribution < -0.4 is 15.4 Å². The Morgan fingerprint density at radius 1 is 0.942 bits per heavy atom. The lowest BCUT2D eigenvalue weighted by atomic mass is 9.75. The smallest absolute Gasteiger partial charge is 0.412 e. The van der Waals surface area contributed by atoms with Crippen LogP contribution in [-0.4, -0.2) is 97.9 Å². The Balaban J connectivity index is 3.81. The number of esters is 1. The first-order chi connectivity index (χ1) is 23.8. The highest BCUT2D eigenvalue weighted by atomic mass is 16.6. The quantitative estimate of drug-likeness (QED) is 0.0896. The predicted molar refractivity (Wildman–Crippen MR) is 202 cm³/mol. The van der Waals surface area contributed by atoms with Crippen LogP contribution in [0.15, 0.2) is 42.5 Å². The van der Waals surface area contributed by atoms with Gasteiger partial charge in [-0.15, -0.1) is 0 Å². The fourth-order valence-electron chi connectivity index (χ4n) is 5.61. The second kappa shape index (κ2) is 18.8. The van der Waals surface area contributed by atoms with Crippen LogP contribution in [-0.2, 0) is 34.0 Å². The first kappa shape index (κ1) is 45.5. The third-order valence-corrected chi connectivity index (χ3v) is 8.41. The van der Waals surface area contributed by atoms with Gasteiger partial charge in [-0.1, -0.05) is 73.3 Å². The molecule has 1 unspecified atom stereocenters. The van der Waals surface area contributed by atoms with E-state index < -0.39 is 64.5 Å². The van der Waals surface area contributed by atoms with Crippen molar-refractivity contribution in [1.82, 2.24) is 15.1 Å². The average Bonchev–Trinajstić information content (AvgIpc) is 3.02. The Morgan fingerprint density at radius 3 is 2.02 bits per heavy atom. The van der Waals surface area contributed by atoms with Crippen molar-refractivity contribution in [3.63, 3.8) is 0 Å². The van der Waals surface area contributed by atoms with Gasteiger partial charge in [0.2, 0.25) is 11.8 Å². The van der Waals surface area contributed by atoms with Crippen LogP contribution in [0.3, 0.4) is 0 Å². The minimum absolute atomic E-state index is 0.00960. The summed E-state index contributed by atoms with van der Waals surface area (Å²) in [4.78, 5) is 70.3. The van der Waals surface area contributed by atoms with Crippen LogP contribution in [0.2, 0.25) is 0 Å². The SMILES string of the molecule is C=CCOC(=O)Nc1cc(C(C)(C)C(C(=O)N[C@H](C(=O)N(C)[C@H](/C=C(\C)C(=O)OCC)C(C)C)C(C)(C)C)N(C)C(=O)OC(C)(C)C)ccc1OC. The molecular weight excluding hydrogens is 668 g/mol. The second-order valence-corrected chi connectivity index (χ2v) is 15.7. The van der Waals surface area contributed by atoms with Crippen molar-refractivity contribution < 1.29 is 42.9 Å². The predicted octanol–water partition coefficient (Wildman–Crippen LogP) is 6.47. The molecule has 0 aromatic heterocycles. The van der Waals surface area contributed by atoms with Gasteiger partial charge in [0.25, 0.3) is 0 Å². The summed E-state index contributed by atoms with van der Waals surface area (Å²) < 4.78 is 21.4. The Bertz CT molecular complexity index is 1470. The molecule has 0 aliphatic heterocycles. The first-order valence-electron chi connectivity index (χ1n) is 17.4. The van der Waals surface area contributed by atoms with Crippen LogP contribution in [0.4, 0.5) is 15.3 Å². The van der Waals surface area contributed by atoms with Crippen molar-refractivity contribution in [1.29, 1.82) is 0 Å². The van der Waals surface area contributed by atoms with E-state index in [2.05, 4.69) is 17.2 Å². The summed E-state index contributed by atoms with van der Waals surface area (Å²) in [5.41, 5.74) is -1.62. The molecule has 13 heteroatoms. The zero-order chi connectivity index (χ0) is 40.4. The lowest BCUT2D eigenvalue weighted by molar-refractivity contribution is -0.142. The first-order valence-corrected chi connectivity index (χ1v) is 17.4. The number of carbonyl (C=O) groups is 5. The zero-order valence-corrected chi connectivity index (χ0v) is 33.9. The highest BCUT2D eigenvalue weighted by Crippen LogP contribution is 2.37. The van der Waals surface area contributed by atoms with Gasteiger partial charge in [-0.05, 0) is 63.6 Å². The highest BCUT2D eigenvalue weighted by Gasteiger charge is 2.46.